The Morgan fingerprint density at radius 1 is 1.10 bits per heavy atom. The lowest BCUT2D eigenvalue weighted by Crippen LogP contribution is -2.37. The summed E-state index contributed by atoms with van der Waals surface area (Å²) in [4.78, 5) is 13.3. The molecule has 1 aliphatic rings. The molecule has 1 aliphatic heterocycles. The summed E-state index contributed by atoms with van der Waals surface area (Å²) in [5, 5.41) is 9.22. The average Bonchev–Trinajstić information content (AvgIpc) is 2.74. The highest BCUT2D eigenvalue weighted by Crippen LogP contribution is 2.37. The maximum Gasteiger partial charge on any atom is 0.306 e. The molecule has 0 aromatic heterocycles. The summed E-state index contributed by atoms with van der Waals surface area (Å²) in [6, 6.07) is 12.6. The van der Waals surface area contributed by atoms with Crippen LogP contribution < -0.4 is 9.21 Å². The van der Waals surface area contributed by atoms with Crippen LogP contribution in [-0.2, 0) is 26.1 Å². The molecule has 1 saturated heterocycles. The van der Waals surface area contributed by atoms with Gasteiger partial charge in [-0.05, 0) is 49.2 Å². The maximum absolute atomic E-state index is 12.3. The van der Waals surface area contributed by atoms with E-state index in [0.29, 0.717) is 43.0 Å². The first kappa shape index (κ1) is 23.2. The highest BCUT2D eigenvalue weighted by Gasteiger charge is 2.27. The molecular formula is C20H24N3O6S2-. The zero-order valence-corrected chi connectivity index (χ0v) is 18.8. The van der Waals surface area contributed by atoms with E-state index in [1.54, 1.807) is 24.3 Å². The van der Waals surface area contributed by atoms with Crippen LogP contribution >= 0.6 is 0 Å². The van der Waals surface area contributed by atoms with Crippen LogP contribution in [0.15, 0.2) is 53.4 Å². The molecule has 2 aromatic carbocycles. The van der Waals surface area contributed by atoms with Gasteiger partial charge in [-0.2, -0.15) is 0 Å². The summed E-state index contributed by atoms with van der Waals surface area (Å²) < 4.78 is 51.1. The fourth-order valence-corrected chi connectivity index (χ4v) is 5.05. The van der Waals surface area contributed by atoms with E-state index in [1.165, 1.54) is 38.4 Å². The van der Waals surface area contributed by atoms with E-state index >= 15 is 0 Å². The Morgan fingerprint density at radius 3 is 2.19 bits per heavy atom. The number of anilines is 3. The van der Waals surface area contributed by atoms with Crippen molar-refractivity contribution < 1.29 is 27.1 Å². The van der Waals surface area contributed by atoms with Crippen molar-refractivity contribution in [2.45, 2.75) is 17.7 Å². The number of carboxylic acids is 1. The van der Waals surface area contributed by atoms with Crippen LogP contribution in [0.25, 0.3) is 0 Å². The molecule has 0 amide bonds. The molecular weight excluding hydrogens is 442 g/mol. The SMILES string of the molecule is CN(C)S(=O)(=O)c1ccc(N(c2ccccc2N2CCC(C(=O)O)CC2)S(=O)[O-])cc1. The lowest BCUT2D eigenvalue weighted by molar-refractivity contribution is -0.142. The molecule has 2 aromatic rings. The number of hydrogen-bond acceptors (Lipinski definition) is 6. The molecule has 1 unspecified atom stereocenters. The number of rotatable bonds is 7. The second-order valence-electron chi connectivity index (χ2n) is 7.38. The molecule has 31 heavy (non-hydrogen) atoms. The van der Waals surface area contributed by atoms with Crippen molar-refractivity contribution >= 4 is 44.3 Å². The van der Waals surface area contributed by atoms with Crippen molar-refractivity contribution in [3.63, 3.8) is 0 Å². The van der Waals surface area contributed by atoms with E-state index in [2.05, 4.69) is 0 Å². The Bertz CT molecular complexity index is 1060. The topological polar surface area (TPSA) is 121 Å². The highest BCUT2D eigenvalue weighted by molar-refractivity contribution is 7.89. The molecule has 168 valence electrons. The molecule has 0 saturated carbocycles. The second kappa shape index (κ2) is 9.35. The van der Waals surface area contributed by atoms with Crippen LogP contribution in [0.4, 0.5) is 17.1 Å². The van der Waals surface area contributed by atoms with Crippen LogP contribution in [0.1, 0.15) is 12.8 Å². The average molecular weight is 467 g/mol. The van der Waals surface area contributed by atoms with E-state index in [9.17, 15) is 27.1 Å². The van der Waals surface area contributed by atoms with Gasteiger partial charge in [-0.15, -0.1) is 0 Å². The van der Waals surface area contributed by atoms with Crippen LogP contribution in [-0.4, -0.2) is 59.7 Å². The number of carbonyl (C=O) groups is 1. The van der Waals surface area contributed by atoms with Gasteiger partial charge in [-0.3, -0.25) is 13.3 Å². The molecule has 0 radical (unpaired) electrons. The number of hydrogen-bond donors (Lipinski definition) is 1. The van der Waals surface area contributed by atoms with E-state index < -0.39 is 33.2 Å². The molecule has 1 heterocycles. The van der Waals surface area contributed by atoms with E-state index in [4.69, 9.17) is 0 Å². The fourth-order valence-electron chi connectivity index (χ4n) is 3.54. The smallest absolute Gasteiger partial charge is 0.306 e. The van der Waals surface area contributed by atoms with Gasteiger partial charge in [-0.1, -0.05) is 12.1 Å². The first-order valence-corrected chi connectivity index (χ1v) is 12.1. The number of piperidine rings is 1. The standard InChI is InChI=1S/C20H25N3O6S2/c1-21(2)31(28,29)17-9-7-16(8-10-17)23(30(26)27)19-6-4-3-5-18(19)22-13-11-15(12-14-22)20(24)25/h3-10,15H,11-14H2,1-2H3,(H,24,25)(H,26,27)/p-1. The summed E-state index contributed by atoms with van der Waals surface area (Å²) in [5.74, 6) is -1.22. The summed E-state index contributed by atoms with van der Waals surface area (Å²) >= 11 is -2.67. The Labute approximate surface area is 184 Å². The molecule has 1 fully saturated rings. The van der Waals surface area contributed by atoms with Crippen molar-refractivity contribution in [1.82, 2.24) is 4.31 Å². The molecule has 0 bridgehead atoms. The van der Waals surface area contributed by atoms with Gasteiger partial charge in [0.05, 0.1) is 39.1 Å². The van der Waals surface area contributed by atoms with Gasteiger partial charge in [0.2, 0.25) is 10.0 Å². The normalized spacial score (nSPS) is 16.3. The van der Waals surface area contributed by atoms with Crippen molar-refractivity contribution in [2.24, 2.45) is 5.92 Å². The predicted molar refractivity (Wildman–Crippen MR) is 117 cm³/mol. The molecule has 1 atom stereocenters. The van der Waals surface area contributed by atoms with Gasteiger partial charge in [0.25, 0.3) is 0 Å². The van der Waals surface area contributed by atoms with Gasteiger partial charge in [0.15, 0.2) is 0 Å². The van der Waals surface area contributed by atoms with Crippen molar-refractivity contribution in [1.29, 1.82) is 0 Å². The molecule has 9 nitrogen and oxygen atoms in total. The van der Waals surface area contributed by atoms with Gasteiger partial charge in [-0.25, -0.2) is 12.7 Å². The first-order valence-electron chi connectivity index (χ1n) is 9.62. The zero-order chi connectivity index (χ0) is 22.8. The molecule has 3 rings (SSSR count). The van der Waals surface area contributed by atoms with Crippen LogP contribution in [0, 0.1) is 5.92 Å². The number of nitrogens with zero attached hydrogens (tertiary/aromatic N) is 3. The lowest BCUT2D eigenvalue weighted by Gasteiger charge is -2.36. The largest absolute Gasteiger partial charge is 0.755 e. The van der Waals surface area contributed by atoms with Crippen LogP contribution in [0.3, 0.4) is 0 Å². The highest BCUT2D eigenvalue weighted by atomic mass is 32.2. The number of carboxylic acid groups (broad SMARTS) is 1. The van der Waals surface area contributed by atoms with Crippen molar-refractivity contribution in [2.75, 3.05) is 36.4 Å². The zero-order valence-electron chi connectivity index (χ0n) is 17.2. The number of para-hydroxylation sites is 2. The van der Waals surface area contributed by atoms with E-state index in [1.807, 2.05) is 4.90 Å². The summed E-state index contributed by atoms with van der Waals surface area (Å²) in [6.07, 6.45) is 0.947. The Balaban J connectivity index is 1.95. The van der Waals surface area contributed by atoms with Gasteiger partial charge in [0, 0.05) is 27.2 Å². The van der Waals surface area contributed by atoms with E-state index in [-0.39, 0.29) is 4.90 Å². The minimum Gasteiger partial charge on any atom is -0.755 e. The number of aliphatic carboxylic acids is 1. The van der Waals surface area contributed by atoms with Gasteiger partial charge < -0.3 is 14.6 Å². The van der Waals surface area contributed by atoms with Crippen molar-refractivity contribution in [3.05, 3.63) is 48.5 Å². The minimum absolute atomic E-state index is 0.0573. The molecule has 0 spiro atoms. The molecule has 1 N–H and O–H groups in total. The summed E-state index contributed by atoms with van der Waals surface area (Å²) in [6.45, 7) is 0.987. The van der Waals surface area contributed by atoms with Crippen molar-refractivity contribution in [3.8, 4) is 0 Å². The van der Waals surface area contributed by atoms with E-state index in [0.717, 1.165) is 8.61 Å². The number of benzene rings is 2. The second-order valence-corrected chi connectivity index (χ2v) is 10.3. The fraction of sp³-hybridized carbons (Fsp3) is 0.350. The number of sulfonamides is 1. The summed E-state index contributed by atoms with van der Waals surface area (Å²) in [7, 11) is -0.792. The van der Waals surface area contributed by atoms with Gasteiger partial charge >= 0.3 is 5.97 Å². The Morgan fingerprint density at radius 2 is 1.68 bits per heavy atom. The summed E-state index contributed by atoms with van der Waals surface area (Å²) in [5.41, 5.74) is 1.37. The third-order valence-corrected chi connectivity index (χ3v) is 7.82. The maximum atomic E-state index is 12.3. The minimum atomic E-state index is -3.64. The van der Waals surface area contributed by atoms with Gasteiger partial charge in [0.1, 0.15) is 0 Å². The van der Waals surface area contributed by atoms with Crippen LogP contribution in [0.5, 0.6) is 0 Å². The Hall–Kier alpha value is -2.47. The molecule has 11 heteroatoms. The lowest BCUT2D eigenvalue weighted by atomic mass is 9.96. The quantitative estimate of drug-likeness (QED) is 0.621. The monoisotopic (exact) mass is 466 g/mol. The Kier molecular flexibility index (Phi) is 6.99. The third-order valence-electron chi connectivity index (χ3n) is 5.28. The third kappa shape index (κ3) is 4.90. The molecule has 0 aliphatic carbocycles. The first-order chi connectivity index (χ1) is 14.6. The predicted octanol–water partition coefficient (Wildman–Crippen LogP) is 2.17. The van der Waals surface area contributed by atoms with Crippen LogP contribution in [0.2, 0.25) is 0 Å².